The Morgan fingerprint density at radius 2 is 1.93 bits per heavy atom. The standard InChI is InChI=1S/C21H21N5O4/c1-13-6-8-15(9-7-13)26-17(11-14(2)24-26)22-18(27)12-25-19(28)21(3,23-20(25)29)16-5-4-10-30-16/h4-11H,12H2,1-3H3,(H,22,27)(H,23,29). The van der Waals surface area contributed by atoms with Crippen molar-refractivity contribution < 1.29 is 18.8 Å². The quantitative estimate of drug-likeness (QED) is 0.632. The van der Waals surface area contributed by atoms with Gasteiger partial charge in [-0.2, -0.15) is 5.10 Å². The van der Waals surface area contributed by atoms with Crippen molar-refractivity contribution in [2.45, 2.75) is 26.3 Å². The number of furan rings is 1. The first-order valence-electron chi connectivity index (χ1n) is 9.39. The molecule has 1 atom stereocenters. The van der Waals surface area contributed by atoms with E-state index < -0.39 is 29.9 Å². The van der Waals surface area contributed by atoms with Crippen LogP contribution >= 0.6 is 0 Å². The fourth-order valence-electron chi connectivity index (χ4n) is 3.37. The van der Waals surface area contributed by atoms with Crippen LogP contribution in [0.15, 0.2) is 53.1 Å². The van der Waals surface area contributed by atoms with E-state index in [1.807, 2.05) is 38.1 Å². The summed E-state index contributed by atoms with van der Waals surface area (Å²) in [5.74, 6) is -0.324. The highest BCUT2D eigenvalue weighted by atomic mass is 16.3. The highest BCUT2D eigenvalue weighted by Crippen LogP contribution is 2.29. The summed E-state index contributed by atoms with van der Waals surface area (Å²) in [4.78, 5) is 38.7. The maximum atomic E-state index is 12.8. The molecule has 9 nitrogen and oxygen atoms in total. The SMILES string of the molecule is Cc1ccc(-n2nc(C)cc2NC(=O)CN2C(=O)NC(C)(c3ccco3)C2=O)cc1. The number of nitrogens with zero attached hydrogens (tertiary/aromatic N) is 3. The summed E-state index contributed by atoms with van der Waals surface area (Å²) in [6, 6.07) is 12.0. The molecule has 9 heteroatoms. The van der Waals surface area contributed by atoms with Gasteiger partial charge in [0.1, 0.15) is 18.1 Å². The van der Waals surface area contributed by atoms with E-state index in [1.165, 1.54) is 6.26 Å². The number of urea groups is 1. The molecule has 0 aliphatic carbocycles. The summed E-state index contributed by atoms with van der Waals surface area (Å²) in [5, 5.41) is 9.75. The van der Waals surface area contributed by atoms with Crippen molar-refractivity contribution in [2.75, 3.05) is 11.9 Å². The molecular weight excluding hydrogens is 386 g/mol. The lowest BCUT2D eigenvalue weighted by Crippen LogP contribution is -2.42. The van der Waals surface area contributed by atoms with Gasteiger partial charge >= 0.3 is 6.03 Å². The molecule has 1 aliphatic rings. The van der Waals surface area contributed by atoms with Crippen molar-refractivity contribution in [2.24, 2.45) is 0 Å². The molecule has 0 saturated carbocycles. The number of aryl methyl sites for hydroxylation is 2. The van der Waals surface area contributed by atoms with Crippen LogP contribution in [0.2, 0.25) is 0 Å². The third kappa shape index (κ3) is 3.34. The van der Waals surface area contributed by atoms with Gasteiger partial charge in [-0.25, -0.2) is 9.48 Å². The maximum Gasteiger partial charge on any atom is 0.325 e. The van der Waals surface area contributed by atoms with Crippen LogP contribution in [-0.4, -0.2) is 39.1 Å². The third-order valence-corrected chi connectivity index (χ3v) is 4.97. The van der Waals surface area contributed by atoms with E-state index in [4.69, 9.17) is 4.42 Å². The van der Waals surface area contributed by atoms with Crippen molar-refractivity contribution in [3.8, 4) is 5.69 Å². The zero-order chi connectivity index (χ0) is 21.5. The molecule has 1 unspecified atom stereocenters. The number of aromatic nitrogens is 2. The van der Waals surface area contributed by atoms with Gasteiger partial charge in [-0.3, -0.25) is 14.5 Å². The Hall–Kier alpha value is -3.88. The Labute approximate surface area is 172 Å². The molecular formula is C21H21N5O4. The van der Waals surface area contributed by atoms with Crippen molar-refractivity contribution >= 4 is 23.7 Å². The number of carbonyl (C=O) groups is 3. The second kappa shape index (κ2) is 7.18. The highest BCUT2D eigenvalue weighted by molar-refractivity contribution is 6.09. The fourth-order valence-corrected chi connectivity index (χ4v) is 3.37. The first-order valence-corrected chi connectivity index (χ1v) is 9.39. The summed E-state index contributed by atoms with van der Waals surface area (Å²) in [7, 11) is 0. The molecule has 0 spiro atoms. The minimum atomic E-state index is -1.35. The number of hydrogen-bond acceptors (Lipinski definition) is 5. The highest BCUT2D eigenvalue weighted by Gasteiger charge is 2.51. The fraction of sp³-hybridized carbons (Fsp3) is 0.238. The Morgan fingerprint density at radius 1 is 1.20 bits per heavy atom. The van der Waals surface area contributed by atoms with Crippen LogP contribution in [0, 0.1) is 13.8 Å². The van der Waals surface area contributed by atoms with Crippen LogP contribution in [0.5, 0.6) is 0 Å². The van der Waals surface area contributed by atoms with Gasteiger partial charge in [0.2, 0.25) is 5.91 Å². The summed E-state index contributed by atoms with van der Waals surface area (Å²) >= 11 is 0. The van der Waals surface area contributed by atoms with Gasteiger partial charge in [0.25, 0.3) is 5.91 Å². The maximum absolute atomic E-state index is 12.8. The summed E-state index contributed by atoms with van der Waals surface area (Å²) in [6.45, 7) is 4.90. The molecule has 1 aromatic carbocycles. The van der Waals surface area contributed by atoms with E-state index >= 15 is 0 Å². The van der Waals surface area contributed by atoms with Crippen LogP contribution in [0.1, 0.15) is 23.9 Å². The van der Waals surface area contributed by atoms with Crippen LogP contribution < -0.4 is 10.6 Å². The van der Waals surface area contributed by atoms with Crippen LogP contribution in [-0.2, 0) is 15.1 Å². The molecule has 0 radical (unpaired) electrons. The minimum absolute atomic E-state index is 0.303. The molecule has 3 aromatic rings. The summed E-state index contributed by atoms with van der Waals surface area (Å²) < 4.78 is 6.89. The number of rotatable bonds is 5. The lowest BCUT2D eigenvalue weighted by molar-refractivity contribution is -0.134. The van der Waals surface area contributed by atoms with Gasteiger partial charge in [0, 0.05) is 6.07 Å². The second-order valence-corrected chi connectivity index (χ2v) is 7.39. The molecule has 4 rings (SSSR count). The molecule has 4 amide bonds. The van der Waals surface area contributed by atoms with Crippen LogP contribution in [0.3, 0.4) is 0 Å². The predicted molar refractivity (Wildman–Crippen MR) is 108 cm³/mol. The van der Waals surface area contributed by atoms with E-state index in [9.17, 15) is 14.4 Å². The summed E-state index contributed by atoms with van der Waals surface area (Å²) in [6.07, 6.45) is 1.42. The number of amides is 4. The second-order valence-electron chi connectivity index (χ2n) is 7.39. The third-order valence-electron chi connectivity index (χ3n) is 4.97. The number of hydrogen-bond donors (Lipinski definition) is 2. The zero-order valence-corrected chi connectivity index (χ0v) is 16.8. The molecule has 1 fully saturated rings. The molecule has 3 heterocycles. The molecule has 1 saturated heterocycles. The van der Waals surface area contributed by atoms with E-state index in [2.05, 4.69) is 15.7 Å². The van der Waals surface area contributed by atoms with Crippen molar-refractivity contribution in [3.63, 3.8) is 0 Å². The largest absolute Gasteiger partial charge is 0.466 e. The first-order chi connectivity index (χ1) is 14.3. The molecule has 154 valence electrons. The topological polar surface area (TPSA) is 109 Å². The number of anilines is 1. The van der Waals surface area contributed by atoms with Gasteiger partial charge in [-0.1, -0.05) is 17.7 Å². The van der Waals surface area contributed by atoms with Gasteiger partial charge in [0.15, 0.2) is 5.54 Å². The number of carbonyl (C=O) groups excluding carboxylic acids is 3. The normalized spacial score (nSPS) is 18.6. The average Bonchev–Trinajstić information content (AvgIpc) is 3.40. The minimum Gasteiger partial charge on any atom is -0.466 e. The Kier molecular flexibility index (Phi) is 4.65. The van der Waals surface area contributed by atoms with Crippen molar-refractivity contribution in [1.29, 1.82) is 0 Å². The molecule has 0 bridgehead atoms. The van der Waals surface area contributed by atoms with E-state index in [0.717, 1.165) is 16.2 Å². The monoisotopic (exact) mass is 407 g/mol. The number of nitrogens with one attached hydrogen (secondary N) is 2. The Balaban J connectivity index is 1.51. The number of benzene rings is 1. The van der Waals surface area contributed by atoms with Crippen LogP contribution in [0.25, 0.3) is 5.69 Å². The van der Waals surface area contributed by atoms with Crippen molar-refractivity contribution in [3.05, 3.63) is 65.7 Å². The Morgan fingerprint density at radius 3 is 2.60 bits per heavy atom. The smallest absolute Gasteiger partial charge is 0.325 e. The predicted octanol–water partition coefficient (Wildman–Crippen LogP) is 2.49. The zero-order valence-electron chi connectivity index (χ0n) is 16.8. The van der Waals surface area contributed by atoms with E-state index in [1.54, 1.807) is 29.8 Å². The molecule has 2 aromatic heterocycles. The summed E-state index contributed by atoms with van der Waals surface area (Å²) in [5.41, 5.74) is 1.25. The lowest BCUT2D eigenvalue weighted by atomic mass is 9.99. The Bertz CT molecular complexity index is 1120. The van der Waals surface area contributed by atoms with Gasteiger partial charge in [-0.05, 0) is 45.0 Å². The van der Waals surface area contributed by atoms with Crippen molar-refractivity contribution in [1.82, 2.24) is 20.0 Å². The number of imide groups is 1. The lowest BCUT2D eigenvalue weighted by Gasteiger charge is -2.18. The van der Waals surface area contributed by atoms with E-state index in [-0.39, 0.29) is 0 Å². The molecule has 30 heavy (non-hydrogen) atoms. The van der Waals surface area contributed by atoms with Gasteiger partial charge in [-0.15, -0.1) is 0 Å². The average molecular weight is 407 g/mol. The van der Waals surface area contributed by atoms with E-state index in [0.29, 0.717) is 17.3 Å². The van der Waals surface area contributed by atoms with Gasteiger partial charge in [0.05, 0.1) is 17.6 Å². The van der Waals surface area contributed by atoms with Gasteiger partial charge < -0.3 is 15.1 Å². The first kappa shape index (κ1) is 19.4. The molecule has 2 N–H and O–H groups in total. The van der Waals surface area contributed by atoms with Crippen LogP contribution in [0.4, 0.5) is 10.6 Å². The molecule has 1 aliphatic heterocycles.